The van der Waals surface area contributed by atoms with Crippen LogP contribution in [-0.4, -0.2) is 23.8 Å². The highest BCUT2D eigenvalue weighted by atomic mass is 79.9. The summed E-state index contributed by atoms with van der Waals surface area (Å²) >= 11 is 9.14. The van der Waals surface area contributed by atoms with E-state index in [1.54, 1.807) is 12.1 Å². The van der Waals surface area contributed by atoms with Gasteiger partial charge in [0.15, 0.2) is 6.61 Å². The van der Waals surface area contributed by atoms with E-state index in [2.05, 4.69) is 47.2 Å². The van der Waals surface area contributed by atoms with Crippen LogP contribution in [0.25, 0.3) is 0 Å². The average molecular weight is 440 g/mol. The molecule has 2 rings (SSSR count). The number of amides is 1. The average Bonchev–Trinajstić information content (AvgIpc) is 2.57. The van der Waals surface area contributed by atoms with Gasteiger partial charge >= 0.3 is 0 Å². The molecule has 26 heavy (non-hydrogen) atoms. The van der Waals surface area contributed by atoms with Crippen molar-refractivity contribution >= 4 is 39.7 Å². The van der Waals surface area contributed by atoms with Gasteiger partial charge in [-0.25, -0.2) is 5.43 Å². The molecule has 2 aromatic carbocycles. The zero-order chi connectivity index (χ0) is 19.3. The number of phenols is 1. The summed E-state index contributed by atoms with van der Waals surface area (Å²) in [5, 5.41) is 13.8. The third kappa shape index (κ3) is 5.75. The first-order valence-electron chi connectivity index (χ1n) is 7.90. The molecule has 7 heteroatoms. The Labute approximate surface area is 166 Å². The summed E-state index contributed by atoms with van der Waals surface area (Å²) in [6, 6.07) is 10.8. The van der Waals surface area contributed by atoms with Gasteiger partial charge in [-0.2, -0.15) is 5.10 Å². The molecule has 0 aliphatic rings. The molecule has 138 valence electrons. The van der Waals surface area contributed by atoms with Crippen molar-refractivity contribution in [2.45, 2.75) is 26.2 Å². The number of hydrogen-bond acceptors (Lipinski definition) is 4. The molecule has 0 aromatic heterocycles. The number of carbonyl (C=O) groups excluding carboxylic acids is 1. The summed E-state index contributed by atoms with van der Waals surface area (Å²) in [5.41, 5.74) is 3.96. The second-order valence-electron chi connectivity index (χ2n) is 6.68. The first-order chi connectivity index (χ1) is 12.2. The van der Waals surface area contributed by atoms with Gasteiger partial charge in [-0.05, 0) is 35.2 Å². The molecule has 2 aromatic rings. The van der Waals surface area contributed by atoms with Crippen LogP contribution in [0.1, 0.15) is 31.9 Å². The number of benzene rings is 2. The first kappa shape index (κ1) is 20.3. The smallest absolute Gasteiger partial charge is 0.277 e. The van der Waals surface area contributed by atoms with Crippen molar-refractivity contribution in [2.24, 2.45) is 5.10 Å². The lowest BCUT2D eigenvalue weighted by Gasteiger charge is -2.19. The molecule has 0 saturated heterocycles. The van der Waals surface area contributed by atoms with E-state index in [9.17, 15) is 9.90 Å². The molecule has 0 atom stereocenters. The highest BCUT2D eigenvalue weighted by Crippen LogP contribution is 2.30. The van der Waals surface area contributed by atoms with Gasteiger partial charge in [-0.3, -0.25) is 4.79 Å². The van der Waals surface area contributed by atoms with E-state index in [0.717, 1.165) is 0 Å². The fraction of sp³-hybridized carbons (Fsp3) is 0.263. The zero-order valence-electron chi connectivity index (χ0n) is 14.7. The van der Waals surface area contributed by atoms with Crippen molar-refractivity contribution in [2.75, 3.05) is 6.61 Å². The Kier molecular flexibility index (Phi) is 6.67. The van der Waals surface area contributed by atoms with Crippen molar-refractivity contribution in [3.05, 3.63) is 57.0 Å². The molecule has 1 amide bonds. The Balaban J connectivity index is 1.88. The number of hydrogen-bond donors (Lipinski definition) is 2. The molecule has 0 radical (unpaired) electrons. The molecule has 0 saturated carbocycles. The Morgan fingerprint density at radius 1 is 1.31 bits per heavy atom. The van der Waals surface area contributed by atoms with Crippen LogP contribution in [0.4, 0.5) is 0 Å². The number of hydrazone groups is 1. The highest BCUT2D eigenvalue weighted by Gasteiger charge is 2.13. The molecule has 0 aliphatic carbocycles. The number of carbonyl (C=O) groups is 1. The van der Waals surface area contributed by atoms with Gasteiger partial charge < -0.3 is 9.84 Å². The minimum absolute atomic E-state index is 0.0610. The van der Waals surface area contributed by atoms with Crippen molar-refractivity contribution in [1.82, 2.24) is 5.43 Å². The number of nitrogens with zero attached hydrogens (tertiary/aromatic N) is 1. The second-order valence-corrected chi connectivity index (χ2v) is 8.00. The van der Waals surface area contributed by atoms with Gasteiger partial charge in [0, 0.05) is 10.0 Å². The normalized spacial score (nSPS) is 11.6. The van der Waals surface area contributed by atoms with E-state index in [1.165, 1.54) is 11.8 Å². The lowest BCUT2D eigenvalue weighted by atomic mass is 9.87. The molecule has 0 aliphatic heterocycles. The van der Waals surface area contributed by atoms with Crippen molar-refractivity contribution in [1.29, 1.82) is 0 Å². The summed E-state index contributed by atoms with van der Waals surface area (Å²) in [4.78, 5) is 11.8. The van der Waals surface area contributed by atoms with Crippen LogP contribution in [0, 0.1) is 0 Å². The van der Waals surface area contributed by atoms with Gasteiger partial charge in [-0.15, -0.1) is 0 Å². The van der Waals surface area contributed by atoms with E-state index in [-0.39, 0.29) is 22.8 Å². The first-order valence-corrected chi connectivity index (χ1v) is 9.07. The monoisotopic (exact) mass is 438 g/mol. The quantitative estimate of drug-likeness (QED) is 0.527. The van der Waals surface area contributed by atoms with Crippen LogP contribution in [0.15, 0.2) is 46.0 Å². The zero-order valence-corrected chi connectivity index (χ0v) is 17.1. The third-order valence-corrected chi connectivity index (χ3v) is 4.29. The van der Waals surface area contributed by atoms with Gasteiger partial charge in [0.1, 0.15) is 11.5 Å². The number of nitrogens with one attached hydrogen (secondary N) is 1. The molecular formula is C19H20BrClN2O3. The molecule has 0 fully saturated rings. The number of halogens is 2. The maximum absolute atomic E-state index is 11.8. The Morgan fingerprint density at radius 3 is 2.58 bits per heavy atom. The molecular weight excluding hydrogens is 420 g/mol. The molecule has 2 N–H and O–H groups in total. The molecule has 0 spiro atoms. The van der Waals surface area contributed by atoms with Gasteiger partial charge in [-0.1, -0.05) is 60.4 Å². The number of rotatable bonds is 5. The van der Waals surface area contributed by atoms with Crippen LogP contribution in [0.5, 0.6) is 11.5 Å². The van der Waals surface area contributed by atoms with Crippen LogP contribution >= 0.6 is 27.5 Å². The minimum Gasteiger partial charge on any atom is -0.506 e. The molecule has 5 nitrogen and oxygen atoms in total. The predicted octanol–water partition coefficient (Wildman–Crippen LogP) is 4.63. The van der Waals surface area contributed by atoms with Crippen LogP contribution in [0.3, 0.4) is 0 Å². The largest absolute Gasteiger partial charge is 0.506 e. The summed E-state index contributed by atoms with van der Waals surface area (Å²) in [6.07, 6.45) is 1.31. The standard InChI is InChI=1S/C19H20BrClN2O3/c1-19(2,3)13-4-6-15(7-5-13)26-11-17(24)23-22-10-12-8-14(20)9-16(21)18(12)25/h4-10,25H,11H2,1-3H3,(H,23,24)/b22-10+. The summed E-state index contributed by atoms with van der Waals surface area (Å²) < 4.78 is 6.13. The summed E-state index contributed by atoms with van der Waals surface area (Å²) in [7, 11) is 0. The lowest BCUT2D eigenvalue weighted by Crippen LogP contribution is -2.24. The highest BCUT2D eigenvalue weighted by molar-refractivity contribution is 9.10. The Hall–Kier alpha value is -2.05. The maximum Gasteiger partial charge on any atom is 0.277 e. The van der Waals surface area contributed by atoms with Crippen molar-refractivity contribution in [3.63, 3.8) is 0 Å². The molecule has 0 heterocycles. The van der Waals surface area contributed by atoms with E-state index < -0.39 is 5.91 Å². The van der Waals surface area contributed by atoms with E-state index in [0.29, 0.717) is 15.8 Å². The minimum atomic E-state index is -0.415. The lowest BCUT2D eigenvalue weighted by molar-refractivity contribution is -0.123. The summed E-state index contributed by atoms with van der Waals surface area (Å²) in [5.74, 6) is 0.0818. The SMILES string of the molecule is CC(C)(C)c1ccc(OCC(=O)N/N=C/c2cc(Br)cc(Cl)c2O)cc1. The van der Waals surface area contributed by atoms with Crippen LogP contribution in [-0.2, 0) is 10.2 Å². The number of phenolic OH excluding ortho intramolecular Hbond substituents is 1. The third-order valence-electron chi connectivity index (χ3n) is 3.54. The van der Waals surface area contributed by atoms with Crippen molar-refractivity contribution < 1.29 is 14.6 Å². The Bertz CT molecular complexity index is 815. The van der Waals surface area contributed by atoms with E-state index >= 15 is 0 Å². The van der Waals surface area contributed by atoms with Crippen molar-refractivity contribution in [3.8, 4) is 11.5 Å². The van der Waals surface area contributed by atoms with E-state index in [1.807, 2.05) is 24.3 Å². The fourth-order valence-electron chi connectivity index (χ4n) is 2.09. The predicted molar refractivity (Wildman–Crippen MR) is 107 cm³/mol. The maximum atomic E-state index is 11.8. The van der Waals surface area contributed by atoms with Gasteiger partial charge in [0.2, 0.25) is 0 Å². The fourth-order valence-corrected chi connectivity index (χ4v) is 2.92. The van der Waals surface area contributed by atoms with E-state index in [4.69, 9.17) is 16.3 Å². The second kappa shape index (κ2) is 8.56. The molecule has 0 unspecified atom stereocenters. The topological polar surface area (TPSA) is 70.9 Å². The summed E-state index contributed by atoms with van der Waals surface area (Å²) in [6.45, 7) is 6.22. The number of ether oxygens (including phenoxy) is 1. The van der Waals surface area contributed by atoms with Crippen LogP contribution in [0.2, 0.25) is 5.02 Å². The molecule has 0 bridgehead atoms. The van der Waals surface area contributed by atoms with Gasteiger partial charge in [0.25, 0.3) is 5.91 Å². The Morgan fingerprint density at radius 2 is 1.96 bits per heavy atom. The van der Waals surface area contributed by atoms with Crippen LogP contribution < -0.4 is 10.2 Å². The number of aromatic hydroxyl groups is 1. The van der Waals surface area contributed by atoms with Gasteiger partial charge in [0.05, 0.1) is 11.2 Å².